The summed E-state index contributed by atoms with van der Waals surface area (Å²) in [5.74, 6) is 0.405. The minimum absolute atomic E-state index is 0.288. The van der Waals surface area contributed by atoms with Crippen LogP contribution in [0.15, 0.2) is 54.6 Å². The largest absolute Gasteiger partial charge is 0.488 e. The molecule has 1 N–H and O–H groups in total. The van der Waals surface area contributed by atoms with Crippen molar-refractivity contribution in [3.05, 3.63) is 77.1 Å². The van der Waals surface area contributed by atoms with Crippen LogP contribution in [0.2, 0.25) is 0 Å². The fraction of sp³-hybridized carbons (Fsp3) is 0.217. The van der Waals surface area contributed by atoms with Crippen molar-refractivity contribution in [3.8, 4) is 22.6 Å². The zero-order chi connectivity index (χ0) is 20.1. The van der Waals surface area contributed by atoms with Gasteiger partial charge in [0.2, 0.25) is 0 Å². The highest BCUT2D eigenvalue weighted by atomic mass is 16.5. The van der Waals surface area contributed by atoms with Crippen molar-refractivity contribution in [3.63, 3.8) is 0 Å². The topological polar surface area (TPSA) is 68.7 Å². The average Bonchev–Trinajstić information content (AvgIpc) is 2.69. The SMILES string of the molecule is CCOc1c(OCc2ccc(-c3ccccc3C(=O)O)cc2)cc(C)nc1C. The van der Waals surface area contributed by atoms with Crippen LogP contribution in [-0.2, 0) is 6.61 Å². The number of rotatable bonds is 7. The third-order valence-corrected chi connectivity index (χ3v) is 4.34. The lowest BCUT2D eigenvalue weighted by molar-refractivity contribution is 0.0697. The molecule has 28 heavy (non-hydrogen) atoms. The van der Waals surface area contributed by atoms with Crippen LogP contribution >= 0.6 is 0 Å². The number of aromatic carboxylic acids is 1. The molecular weight excluding hydrogens is 354 g/mol. The van der Waals surface area contributed by atoms with E-state index < -0.39 is 5.97 Å². The summed E-state index contributed by atoms with van der Waals surface area (Å²) < 4.78 is 11.7. The van der Waals surface area contributed by atoms with Gasteiger partial charge in [0.1, 0.15) is 6.61 Å². The van der Waals surface area contributed by atoms with Crippen molar-refractivity contribution in [1.82, 2.24) is 4.98 Å². The molecule has 0 unspecified atom stereocenters. The summed E-state index contributed by atoms with van der Waals surface area (Å²) in [7, 11) is 0. The summed E-state index contributed by atoms with van der Waals surface area (Å²) in [5.41, 5.74) is 4.49. The number of ether oxygens (including phenoxy) is 2. The standard InChI is InChI=1S/C23H23NO4/c1-4-27-22-16(3)24-15(2)13-21(22)28-14-17-9-11-18(12-10-17)19-7-5-6-8-20(19)23(25)26/h5-13H,4,14H2,1-3H3,(H,25,26). The third kappa shape index (κ3) is 4.31. The van der Waals surface area contributed by atoms with Crippen LogP contribution in [-0.4, -0.2) is 22.7 Å². The highest BCUT2D eigenvalue weighted by Gasteiger charge is 2.13. The Morgan fingerprint density at radius 3 is 2.43 bits per heavy atom. The molecule has 2 aromatic carbocycles. The zero-order valence-electron chi connectivity index (χ0n) is 16.2. The Hall–Kier alpha value is -3.34. The average molecular weight is 377 g/mol. The molecule has 0 aliphatic rings. The fourth-order valence-corrected chi connectivity index (χ4v) is 3.07. The molecule has 0 bridgehead atoms. The van der Waals surface area contributed by atoms with Gasteiger partial charge in [0.25, 0.3) is 0 Å². The number of carboxylic acid groups (broad SMARTS) is 1. The first-order chi connectivity index (χ1) is 13.5. The van der Waals surface area contributed by atoms with Gasteiger partial charge in [0.05, 0.1) is 17.9 Å². The number of pyridine rings is 1. The lowest BCUT2D eigenvalue weighted by Crippen LogP contribution is -2.03. The van der Waals surface area contributed by atoms with Gasteiger partial charge in [-0.25, -0.2) is 4.79 Å². The summed E-state index contributed by atoms with van der Waals surface area (Å²) in [5, 5.41) is 9.37. The Morgan fingerprint density at radius 1 is 1.04 bits per heavy atom. The molecule has 0 radical (unpaired) electrons. The molecule has 0 saturated carbocycles. The normalized spacial score (nSPS) is 10.5. The first-order valence-corrected chi connectivity index (χ1v) is 9.15. The zero-order valence-corrected chi connectivity index (χ0v) is 16.2. The van der Waals surface area contributed by atoms with E-state index in [1.54, 1.807) is 12.1 Å². The van der Waals surface area contributed by atoms with Crippen LogP contribution in [0.25, 0.3) is 11.1 Å². The molecule has 0 aliphatic heterocycles. The highest BCUT2D eigenvalue weighted by Crippen LogP contribution is 2.31. The van der Waals surface area contributed by atoms with Crippen molar-refractivity contribution in [1.29, 1.82) is 0 Å². The number of aromatic nitrogens is 1. The van der Waals surface area contributed by atoms with Gasteiger partial charge < -0.3 is 14.6 Å². The van der Waals surface area contributed by atoms with Crippen molar-refractivity contribution in [2.24, 2.45) is 0 Å². The molecular formula is C23H23NO4. The molecule has 0 atom stereocenters. The minimum atomic E-state index is -0.935. The summed E-state index contributed by atoms with van der Waals surface area (Å²) >= 11 is 0. The van der Waals surface area contributed by atoms with E-state index in [2.05, 4.69) is 4.98 Å². The second-order valence-corrected chi connectivity index (χ2v) is 6.45. The predicted molar refractivity (Wildman–Crippen MR) is 108 cm³/mol. The first-order valence-electron chi connectivity index (χ1n) is 9.15. The number of carbonyl (C=O) groups is 1. The first kappa shape index (κ1) is 19.4. The number of benzene rings is 2. The molecule has 1 aromatic heterocycles. The number of hydrogen-bond donors (Lipinski definition) is 1. The molecule has 0 amide bonds. The lowest BCUT2D eigenvalue weighted by atomic mass is 9.99. The predicted octanol–water partition coefficient (Wildman–Crippen LogP) is 5.04. The Bertz CT molecular complexity index is 980. The van der Waals surface area contributed by atoms with Crippen LogP contribution in [0.5, 0.6) is 11.5 Å². The van der Waals surface area contributed by atoms with E-state index in [-0.39, 0.29) is 5.56 Å². The summed E-state index contributed by atoms with van der Waals surface area (Å²) in [4.78, 5) is 15.8. The van der Waals surface area contributed by atoms with Gasteiger partial charge in [-0.1, -0.05) is 42.5 Å². The Kier molecular flexibility index (Phi) is 5.94. The quantitative estimate of drug-likeness (QED) is 0.625. The van der Waals surface area contributed by atoms with Gasteiger partial charge >= 0.3 is 5.97 Å². The molecule has 0 spiro atoms. The van der Waals surface area contributed by atoms with E-state index >= 15 is 0 Å². The van der Waals surface area contributed by atoms with Gasteiger partial charge in [-0.05, 0) is 43.5 Å². The molecule has 0 aliphatic carbocycles. The molecule has 144 valence electrons. The Labute approximate surface area is 164 Å². The van der Waals surface area contributed by atoms with Crippen LogP contribution in [0, 0.1) is 13.8 Å². The highest BCUT2D eigenvalue weighted by molar-refractivity contribution is 5.95. The molecule has 0 saturated heterocycles. The van der Waals surface area contributed by atoms with E-state index in [1.165, 1.54) is 0 Å². The van der Waals surface area contributed by atoms with Gasteiger partial charge in [-0.3, -0.25) is 4.98 Å². The number of hydrogen-bond acceptors (Lipinski definition) is 4. The molecule has 5 nitrogen and oxygen atoms in total. The molecule has 0 fully saturated rings. The Morgan fingerprint density at radius 2 is 1.75 bits per heavy atom. The van der Waals surface area contributed by atoms with Crippen molar-refractivity contribution >= 4 is 5.97 Å². The maximum Gasteiger partial charge on any atom is 0.336 e. The van der Waals surface area contributed by atoms with Gasteiger partial charge in [-0.2, -0.15) is 0 Å². The maximum absolute atomic E-state index is 11.4. The van der Waals surface area contributed by atoms with Gasteiger partial charge in [0, 0.05) is 11.8 Å². The minimum Gasteiger partial charge on any atom is -0.488 e. The Balaban J connectivity index is 1.79. The molecule has 5 heteroatoms. The van der Waals surface area contributed by atoms with Crippen molar-refractivity contribution in [2.45, 2.75) is 27.4 Å². The van der Waals surface area contributed by atoms with E-state index in [0.29, 0.717) is 30.3 Å². The monoisotopic (exact) mass is 377 g/mol. The summed E-state index contributed by atoms with van der Waals surface area (Å²) in [6.07, 6.45) is 0. The summed E-state index contributed by atoms with van der Waals surface area (Å²) in [6.45, 7) is 6.67. The van der Waals surface area contributed by atoms with E-state index in [4.69, 9.17) is 9.47 Å². The fourth-order valence-electron chi connectivity index (χ4n) is 3.07. The van der Waals surface area contributed by atoms with Crippen LogP contribution in [0.1, 0.15) is 34.2 Å². The maximum atomic E-state index is 11.4. The van der Waals surface area contributed by atoms with Crippen LogP contribution in [0.3, 0.4) is 0 Å². The summed E-state index contributed by atoms with van der Waals surface area (Å²) in [6, 6.07) is 16.6. The van der Waals surface area contributed by atoms with Crippen molar-refractivity contribution < 1.29 is 19.4 Å². The smallest absolute Gasteiger partial charge is 0.336 e. The van der Waals surface area contributed by atoms with E-state index in [9.17, 15) is 9.90 Å². The number of aryl methyl sites for hydroxylation is 2. The van der Waals surface area contributed by atoms with E-state index in [0.717, 1.165) is 22.5 Å². The van der Waals surface area contributed by atoms with Crippen LogP contribution < -0.4 is 9.47 Å². The lowest BCUT2D eigenvalue weighted by Gasteiger charge is -2.15. The van der Waals surface area contributed by atoms with E-state index in [1.807, 2.05) is 63.2 Å². The number of carboxylic acids is 1. The second-order valence-electron chi connectivity index (χ2n) is 6.45. The second kappa shape index (κ2) is 8.57. The van der Waals surface area contributed by atoms with Crippen LogP contribution in [0.4, 0.5) is 0 Å². The molecule has 3 rings (SSSR count). The van der Waals surface area contributed by atoms with Crippen molar-refractivity contribution in [2.75, 3.05) is 6.61 Å². The van der Waals surface area contributed by atoms with Gasteiger partial charge in [0.15, 0.2) is 11.5 Å². The van der Waals surface area contributed by atoms with Gasteiger partial charge in [-0.15, -0.1) is 0 Å². The number of nitrogens with zero attached hydrogens (tertiary/aromatic N) is 1. The molecule has 1 heterocycles. The third-order valence-electron chi connectivity index (χ3n) is 4.34. The molecule has 3 aromatic rings.